The molecule has 12 aromatic heterocycles. The molecule has 0 unspecified atom stereocenters. The minimum absolute atomic E-state index is 0.0180. The van der Waals surface area contributed by atoms with Crippen molar-refractivity contribution in [2.24, 2.45) is 56.4 Å². The van der Waals surface area contributed by atoms with Crippen LogP contribution in [0.1, 0.15) is 108 Å². The molecule has 0 atom stereocenters. The van der Waals surface area contributed by atoms with Crippen LogP contribution in [0.3, 0.4) is 0 Å². The van der Waals surface area contributed by atoms with Crippen LogP contribution in [0.5, 0.6) is 0 Å². The number of benzene rings is 3. The van der Waals surface area contributed by atoms with E-state index in [-0.39, 0.29) is 39.5 Å². The Hall–Kier alpha value is -10.7. The number of fused-ring (bicyclic) bond motifs is 4. The van der Waals surface area contributed by atoms with Gasteiger partial charge in [-0.25, -0.2) is 19.9 Å². The van der Waals surface area contributed by atoms with Gasteiger partial charge >= 0.3 is 0 Å². The van der Waals surface area contributed by atoms with Crippen molar-refractivity contribution in [2.75, 3.05) is 0 Å². The minimum atomic E-state index is -2.49. The Labute approximate surface area is 593 Å². The van der Waals surface area contributed by atoms with Crippen LogP contribution in [0.2, 0.25) is 0 Å². The van der Waals surface area contributed by atoms with E-state index in [0.29, 0.717) is 74.0 Å². The Kier molecular flexibility index (Phi) is 11.7. The monoisotopic (exact) mass is 1300 g/mol. The molecule has 16 heteroatoms. The fraction of sp³-hybridized carbons (Fsp3) is 0.275. The molecule has 0 saturated carbocycles. The number of hydrogen-bond donors (Lipinski definition) is 0. The van der Waals surface area contributed by atoms with Gasteiger partial charge in [0.05, 0.1) is 22.8 Å². The van der Waals surface area contributed by atoms with E-state index in [0.717, 1.165) is 45.3 Å². The first-order chi connectivity index (χ1) is 54.2. The first kappa shape index (κ1) is 44.0. The average Bonchev–Trinajstić information content (AvgIpc) is 1.40. The molecular weight excluding hydrogens is 1180 g/mol. The van der Waals surface area contributed by atoms with E-state index in [4.69, 9.17) is 28.8 Å². The number of imidazole rings is 8. The first-order valence-corrected chi connectivity index (χ1v) is 31.2. The third-order valence-corrected chi connectivity index (χ3v) is 18.2. The van der Waals surface area contributed by atoms with Crippen LogP contribution in [0.25, 0.3) is 102 Å². The van der Waals surface area contributed by atoms with Crippen LogP contribution in [0.15, 0.2) is 159 Å². The summed E-state index contributed by atoms with van der Waals surface area (Å²) in [4.78, 5) is 17.4. The zero-order chi connectivity index (χ0) is 86.1. The summed E-state index contributed by atoms with van der Waals surface area (Å²) < 4.78 is 187. The number of aryl methyl sites for hydroxylation is 22. The zero-order valence-corrected chi connectivity index (χ0v) is 56.7. The van der Waals surface area contributed by atoms with Crippen molar-refractivity contribution < 1.29 is 47.1 Å². The molecule has 16 nitrogen and oxygen atoms in total. The minimum Gasteiger partial charge on any atom is -0.308 e. The summed E-state index contributed by atoms with van der Waals surface area (Å²) in [5.74, 6) is 2.21. The highest BCUT2D eigenvalue weighted by Gasteiger charge is 2.26. The van der Waals surface area contributed by atoms with Gasteiger partial charge in [0.1, 0.15) is 51.0 Å². The summed E-state index contributed by atoms with van der Waals surface area (Å²) in [6.07, 6.45) is 14.8. The standard InChI is InChI=1S/C23H27N4.2C21H23N4.C15H19N4/c1-14-8-9-19(15(2)10-14)20-11-21(25(6)12-16(20)3)22-13-27-18(5)17(4)24-23(27)26(22)7;1-14-12-23(4)19(11-18(14)17-9-7-6-8-10-17)20-13-25-16(3)15(2)22-21(25)24(20)5;1-14-11-19(23(4)12-18(14)17-9-7-6-8-10-17)20-13-25-16(3)15(2)22-21(25)24(20)5;1-10-6-7-17(4)13(8-10)14-9-19-12(3)11(2)16-15(19)18(14)5/h8-13H,1-7H3;2*6-13H,1-5H3;6-9H,1-5H3/q4*+1/i2D3,3D3,4D3;1D3,2D3;2*2D3. The number of nitrogens with zero attached hydrogens (tertiary/aromatic N) is 16. The third kappa shape index (κ3) is 11.7. The van der Waals surface area contributed by atoms with Crippen LogP contribution in [0.4, 0.5) is 0 Å². The molecule has 0 spiro atoms. The topological polar surface area (TPSA) is 104 Å². The van der Waals surface area contributed by atoms with Gasteiger partial charge in [-0.05, 0) is 141 Å². The van der Waals surface area contributed by atoms with E-state index in [1.807, 2.05) is 142 Å². The second-order valence-corrected chi connectivity index (χ2v) is 24.7. The highest BCUT2D eigenvalue weighted by molar-refractivity contribution is 5.75. The van der Waals surface area contributed by atoms with Gasteiger partial charge in [-0.1, -0.05) is 84.4 Å². The molecule has 0 radical (unpaired) electrons. The Morgan fingerprint density at radius 1 is 0.323 bits per heavy atom. The Morgan fingerprint density at radius 2 is 0.688 bits per heavy atom. The number of pyridine rings is 4. The lowest BCUT2D eigenvalue weighted by Crippen LogP contribution is -2.32. The molecule has 3 aromatic carbocycles. The van der Waals surface area contributed by atoms with Crippen molar-refractivity contribution in [1.29, 1.82) is 0 Å². The predicted molar refractivity (Wildman–Crippen MR) is 386 cm³/mol. The quantitative estimate of drug-likeness (QED) is 0.148. The van der Waals surface area contributed by atoms with Crippen LogP contribution < -0.4 is 18.3 Å². The molecular formula is C80H92N16+4. The van der Waals surface area contributed by atoms with E-state index in [9.17, 15) is 0 Å². The summed E-state index contributed by atoms with van der Waals surface area (Å²) in [5, 5.41) is 0. The van der Waals surface area contributed by atoms with Crippen molar-refractivity contribution in [2.45, 2.75) is 96.4 Å². The number of aromatic nitrogens is 16. The summed E-state index contributed by atoms with van der Waals surface area (Å²) in [6.45, 7) is -3.29. The van der Waals surface area contributed by atoms with E-state index < -0.39 is 48.0 Å². The number of hydrogen-bond acceptors (Lipinski definition) is 4. The van der Waals surface area contributed by atoms with Crippen molar-refractivity contribution in [3.63, 3.8) is 0 Å². The highest BCUT2D eigenvalue weighted by atomic mass is 15.2. The van der Waals surface area contributed by atoms with E-state index >= 15 is 0 Å². The maximum Gasteiger partial charge on any atom is 0.231 e. The van der Waals surface area contributed by atoms with Gasteiger partial charge in [0.15, 0.2) is 24.8 Å². The second kappa shape index (κ2) is 25.5. The molecule has 0 fully saturated rings. The molecule has 0 aliphatic carbocycles. The summed E-state index contributed by atoms with van der Waals surface area (Å²) in [5.41, 5.74) is 17.6. The van der Waals surface area contributed by atoms with E-state index in [2.05, 4.69) is 74.9 Å². The number of rotatable bonds is 7. The SMILES string of the molecule is [2H]C([2H])([2H])c1c[n+](C)c(-c2cn3c(C)c(C([2H])([2H])[2H])nc3n2C)cc1-c1ccccc1.[2H]C([2H])([2H])c1cc(C)ccc1-c1cc(-c2cn3c(C)c(C([2H])([2H])[2H])nc3n2C)[n+](C)cc1C([2H])([2H])[2H].[2H]C([2H])([2H])c1nc2n(C)c(-c3cc(C)c(-c4ccccc4)c[n+]3C)cn2c1C.[2H]C([2H])([2H])c1nc2n(C)c(-c3cc(C)cc[n+]3C)cn2c1C. The predicted octanol–water partition coefficient (Wildman–Crippen LogP) is 14.0. The van der Waals surface area contributed by atoms with Gasteiger partial charge in [0.25, 0.3) is 0 Å². The van der Waals surface area contributed by atoms with Crippen molar-refractivity contribution >= 4 is 23.1 Å². The highest BCUT2D eigenvalue weighted by Crippen LogP contribution is 2.33. The van der Waals surface area contributed by atoms with Crippen molar-refractivity contribution in [3.05, 3.63) is 238 Å². The summed E-state index contributed by atoms with van der Waals surface area (Å²) >= 11 is 0. The molecule has 0 aliphatic rings. The lowest BCUT2D eigenvalue weighted by Gasteiger charge is -2.11. The van der Waals surface area contributed by atoms with Crippen molar-refractivity contribution in [3.8, 4) is 78.9 Å². The van der Waals surface area contributed by atoms with E-state index in [1.165, 1.54) is 28.5 Å². The molecule has 0 bridgehead atoms. The molecule has 0 amide bonds. The normalized spacial score (nSPS) is 15.6. The second-order valence-electron chi connectivity index (χ2n) is 24.7. The zero-order valence-electron chi connectivity index (χ0n) is 77.7. The van der Waals surface area contributed by atoms with Gasteiger partial charge in [-0.15, -0.1) is 0 Å². The van der Waals surface area contributed by atoms with Crippen LogP contribution >= 0.6 is 0 Å². The fourth-order valence-electron chi connectivity index (χ4n) is 12.4. The van der Waals surface area contributed by atoms with Gasteiger partial charge in [0.2, 0.25) is 45.9 Å². The Bertz CT molecular complexity index is 6340. The third-order valence-electron chi connectivity index (χ3n) is 18.2. The van der Waals surface area contributed by atoms with Gasteiger partial charge in [0, 0.05) is 152 Å². The molecule has 96 heavy (non-hydrogen) atoms. The van der Waals surface area contributed by atoms with Gasteiger partial charge in [-0.2, -0.15) is 18.3 Å². The van der Waals surface area contributed by atoms with E-state index in [1.54, 1.807) is 115 Å². The lowest BCUT2D eigenvalue weighted by atomic mass is 9.95. The van der Waals surface area contributed by atoms with Crippen LogP contribution in [-0.4, -0.2) is 55.8 Å². The van der Waals surface area contributed by atoms with Gasteiger partial charge in [-0.3, -0.25) is 17.6 Å². The van der Waals surface area contributed by atoms with Crippen molar-refractivity contribution in [1.82, 2.24) is 55.8 Å². The molecule has 0 N–H and O–H groups in total. The molecule has 15 rings (SSSR count). The molecule has 15 aromatic rings. The first-order valence-electron chi connectivity index (χ1n) is 41.7. The lowest BCUT2D eigenvalue weighted by molar-refractivity contribution is -0.661. The maximum absolute atomic E-state index is 8.13. The molecule has 488 valence electrons. The van der Waals surface area contributed by atoms with Crippen LogP contribution in [0, 0.1) is 96.4 Å². The van der Waals surface area contributed by atoms with Crippen LogP contribution in [-0.2, 0) is 56.4 Å². The Balaban J connectivity index is 0.000000146. The Morgan fingerprint density at radius 3 is 1.09 bits per heavy atom. The molecule has 0 aliphatic heterocycles. The molecule has 0 saturated heterocycles. The average molecular weight is 1300 g/mol. The summed E-state index contributed by atoms with van der Waals surface area (Å²) in [6, 6.07) is 34.6. The largest absolute Gasteiger partial charge is 0.308 e. The maximum atomic E-state index is 8.13. The molecule has 12 heterocycles. The smallest absolute Gasteiger partial charge is 0.231 e. The fourth-order valence-corrected chi connectivity index (χ4v) is 12.4. The summed E-state index contributed by atoms with van der Waals surface area (Å²) in [7, 11) is 14.9. The van der Waals surface area contributed by atoms with Gasteiger partial charge < -0.3 is 18.3 Å².